The fraction of sp³-hybridized carbons (Fsp3) is 0.192. The molecule has 1 N–H and O–H groups in total. The first kappa shape index (κ1) is 23.2. The molecule has 0 amide bonds. The van der Waals surface area contributed by atoms with Gasteiger partial charge in [-0.2, -0.15) is 0 Å². The molecule has 0 spiro atoms. The van der Waals surface area contributed by atoms with E-state index >= 15 is 0 Å². The van der Waals surface area contributed by atoms with Crippen molar-refractivity contribution in [1.29, 1.82) is 0 Å². The van der Waals surface area contributed by atoms with Crippen LogP contribution < -0.4 is 5.69 Å². The number of aromatic amines is 1. The van der Waals surface area contributed by atoms with E-state index in [1.54, 1.807) is 10.8 Å². The molecule has 0 aliphatic heterocycles. The molecule has 0 aliphatic rings. The largest absolute Gasteiger partial charge is 0.333 e. The Morgan fingerprint density at radius 1 is 1.03 bits per heavy atom. The van der Waals surface area contributed by atoms with Gasteiger partial charge in [0.25, 0.3) is 0 Å². The lowest BCUT2D eigenvalue weighted by Gasteiger charge is -2.10. The van der Waals surface area contributed by atoms with Gasteiger partial charge in [-0.1, -0.05) is 49.7 Å². The minimum Gasteiger partial charge on any atom is -0.292 e. The van der Waals surface area contributed by atoms with Crippen molar-refractivity contribution in [1.82, 2.24) is 34.7 Å². The summed E-state index contributed by atoms with van der Waals surface area (Å²) in [6.45, 7) is 2.68. The van der Waals surface area contributed by atoms with Gasteiger partial charge in [0, 0.05) is 39.0 Å². The molecule has 3 aromatic heterocycles. The number of aryl methyl sites for hydroxylation is 1. The molecule has 3 heterocycles. The predicted molar refractivity (Wildman–Crippen MR) is 143 cm³/mol. The molecule has 8 nitrogen and oxygen atoms in total. The molecule has 0 saturated heterocycles. The van der Waals surface area contributed by atoms with Crippen LogP contribution in [0.1, 0.15) is 31.0 Å². The van der Waals surface area contributed by atoms with Crippen molar-refractivity contribution in [2.45, 2.75) is 32.7 Å². The van der Waals surface area contributed by atoms with E-state index in [-0.39, 0.29) is 5.69 Å². The summed E-state index contributed by atoms with van der Waals surface area (Å²) in [5.74, 6) is 0.593. The second kappa shape index (κ2) is 10.3. The molecular weight excluding hydrogens is 553 g/mol. The summed E-state index contributed by atoms with van der Waals surface area (Å²) in [4.78, 5) is 17.7. The maximum atomic E-state index is 13.5. The molecule has 0 atom stereocenters. The van der Waals surface area contributed by atoms with Crippen LogP contribution in [0.4, 0.5) is 0 Å². The van der Waals surface area contributed by atoms with Gasteiger partial charge in [-0.25, -0.2) is 9.89 Å². The molecule has 9 heteroatoms. The second-order valence-corrected chi connectivity index (χ2v) is 9.44. The summed E-state index contributed by atoms with van der Waals surface area (Å²) >= 11 is 2.28. The molecular formula is C26H24IN7O. The number of H-pyrrole nitrogens is 1. The lowest BCUT2D eigenvalue weighted by molar-refractivity contribution is 0.674. The Labute approximate surface area is 216 Å². The van der Waals surface area contributed by atoms with E-state index in [4.69, 9.17) is 0 Å². The van der Waals surface area contributed by atoms with Crippen LogP contribution in [0.5, 0.6) is 0 Å². The van der Waals surface area contributed by atoms with Gasteiger partial charge in [-0.3, -0.25) is 14.1 Å². The van der Waals surface area contributed by atoms with Gasteiger partial charge in [0.1, 0.15) is 0 Å². The number of hydrogen-bond acceptors (Lipinski definition) is 5. The van der Waals surface area contributed by atoms with Gasteiger partial charge in [0.2, 0.25) is 0 Å². The Morgan fingerprint density at radius 2 is 1.86 bits per heavy atom. The van der Waals surface area contributed by atoms with Crippen LogP contribution in [0.2, 0.25) is 0 Å². The Morgan fingerprint density at radius 3 is 2.60 bits per heavy atom. The summed E-state index contributed by atoms with van der Waals surface area (Å²) in [5.41, 5.74) is 5.82. The third kappa shape index (κ3) is 4.81. The van der Waals surface area contributed by atoms with Crippen molar-refractivity contribution >= 4 is 22.6 Å². The average Bonchev–Trinajstić information content (AvgIpc) is 3.53. The number of nitrogens with zero attached hydrogens (tertiary/aromatic N) is 6. The van der Waals surface area contributed by atoms with Crippen LogP contribution in [0.15, 0.2) is 78.0 Å². The van der Waals surface area contributed by atoms with Crippen LogP contribution in [-0.4, -0.2) is 34.7 Å². The van der Waals surface area contributed by atoms with Crippen molar-refractivity contribution in [3.8, 4) is 28.2 Å². The number of hydrogen-bond donors (Lipinski definition) is 1. The Kier molecular flexibility index (Phi) is 6.84. The SMILES string of the molecule is CCCCc1cn(-c2ccccc2I)c(=O)n1Cc1ccc(-c2cnccc2-c2nnn[nH]2)cc1. The molecule has 2 aromatic carbocycles. The normalized spacial score (nSPS) is 11.1. The third-order valence-corrected chi connectivity index (χ3v) is 6.90. The van der Waals surface area contributed by atoms with E-state index in [0.717, 1.165) is 56.5 Å². The van der Waals surface area contributed by atoms with Crippen LogP contribution in [0.3, 0.4) is 0 Å². The van der Waals surface area contributed by atoms with Gasteiger partial charge in [0.15, 0.2) is 5.82 Å². The molecule has 0 saturated carbocycles. The lowest BCUT2D eigenvalue weighted by atomic mass is 10.0. The Hall–Kier alpha value is -3.60. The number of para-hydroxylation sites is 1. The van der Waals surface area contributed by atoms with Crippen molar-refractivity contribution < 1.29 is 0 Å². The zero-order valence-corrected chi connectivity index (χ0v) is 21.4. The molecule has 0 radical (unpaired) electrons. The molecule has 5 aromatic rings. The molecule has 0 bridgehead atoms. The van der Waals surface area contributed by atoms with Gasteiger partial charge in [0.05, 0.1) is 12.2 Å². The highest BCUT2D eigenvalue weighted by atomic mass is 127. The van der Waals surface area contributed by atoms with Crippen LogP contribution >= 0.6 is 22.6 Å². The standard InChI is InChI=1S/C26H24IN7O/c1-2-3-6-20-17-34(24-8-5-4-7-23(24)27)26(35)33(20)16-18-9-11-19(12-10-18)22-15-28-14-13-21(22)25-29-31-32-30-25/h4-5,7-15,17H,2-3,6,16H2,1H3,(H,29,30,31,32). The van der Waals surface area contributed by atoms with E-state index in [1.165, 1.54) is 0 Å². The minimum absolute atomic E-state index is 0.0170. The van der Waals surface area contributed by atoms with Crippen molar-refractivity contribution in [3.05, 3.63) is 98.5 Å². The van der Waals surface area contributed by atoms with E-state index in [2.05, 4.69) is 67.3 Å². The van der Waals surface area contributed by atoms with Crippen LogP contribution in [-0.2, 0) is 13.0 Å². The zero-order chi connectivity index (χ0) is 24.2. The number of benzene rings is 2. The van der Waals surface area contributed by atoms with Crippen molar-refractivity contribution in [2.24, 2.45) is 0 Å². The van der Waals surface area contributed by atoms with Gasteiger partial charge in [-0.15, -0.1) is 5.10 Å². The number of rotatable bonds is 8. The Bertz CT molecular complexity index is 1490. The number of tetrazole rings is 1. The summed E-state index contributed by atoms with van der Waals surface area (Å²) in [5, 5.41) is 14.2. The number of unbranched alkanes of at least 4 members (excludes halogenated alkanes) is 1. The molecule has 0 unspecified atom stereocenters. The smallest absolute Gasteiger partial charge is 0.292 e. The van der Waals surface area contributed by atoms with Crippen molar-refractivity contribution in [2.75, 3.05) is 0 Å². The first-order valence-electron chi connectivity index (χ1n) is 11.5. The quantitative estimate of drug-likeness (QED) is 0.266. The summed E-state index contributed by atoms with van der Waals surface area (Å²) in [6, 6.07) is 18.1. The number of imidazole rings is 1. The minimum atomic E-state index is -0.0170. The average molecular weight is 577 g/mol. The number of halogens is 1. The third-order valence-electron chi connectivity index (χ3n) is 5.99. The fourth-order valence-corrected chi connectivity index (χ4v) is 4.80. The number of pyridine rings is 1. The zero-order valence-electron chi connectivity index (χ0n) is 19.2. The highest BCUT2D eigenvalue weighted by Crippen LogP contribution is 2.29. The summed E-state index contributed by atoms with van der Waals surface area (Å²) in [7, 11) is 0. The fourth-order valence-electron chi connectivity index (χ4n) is 4.15. The monoisotopic (exact) mass is 577 g/mol. The van der Waals surface area contributed by atoms with Gasteiger partial charge in [-0.05, 0) is 75.2 Å². The van der Waals surface area contributed by atoms with Gasteiger partial charge < -0.3 is 0 Å². The lowest BCUT2D eigenvalue weighted by Crippen LogP contribution is -2.25. The second-order valence-electron chi connectivity index (χ2n) is 8.28. The van der Waals surface area contributed by atoms with E-state index in [1.807, 2.05) is 59.4 Å². The highest BCUT2D eigenvalue weighted by Gasteiger charge is 2.15. The highest BCUT2D eigenvalue weighted by molar-refractivity contribution is 14.1. The predicted octanol–water partition coefficient (Wildman–Crippen LogP) is 4.88. The first-order valence-corrected chi connectivity index (χ1v) is 12.6. The van der Waals surface area contributed by atoms with E-state index < -0.39 is 0 Å². The van der Waals surface area contributed by atoms with Crippen LogP contribution in [0, 0.1) is 3.57 Å². The Balaban J connectivity index is 1.47. The van der Waals surface area contributed by atoms with E-state index in [0.29, 0.717) is 12.4 Å². The molecule has 0 aliphatic carbocycles. The van der Waals surface area contributed by atoms with Crippen LogP contribution in [0.25, 0.3) is 28.2 Å². The first-order chi connectivity index (χ1) is 17.2. The topological polar surface area (TPSA) is 94.3 Å². The maximum absolute atomic E-state index is 13.5. The molecule has 176 valence electrons. The van der Waals surface area contributed by atoms with Gasteiger partial charge >= 0.3 is 5.69 Å². The van der Waals surface area contributed by atoms with Crippen molar-refractivity contribution in [3.63, 3.8) is 0 Å². The molecule has 5 rings (SSSR count). The maximum Gasteiger partial charge on any atom is 0.333 e. The summed E-state index contributed by atoms with van der Waals surface area (Å²) < 4.78 is 4.71. The summed E-state index contributed by atoms with van der Waals surface area (Å²) in [6.07, 6.45) is 8.50. The number of nitrogens with one attached hydrogen (secondary N) is 1. The molecule has 0 fully saturated rings. The number of aromatic nitrogens is 7. The molecule has 35 heavy (non-hydrogen) atoms. The van der Waals surface area contributed by atoms with E-state index in [9.17, 15) is 4.79 Å².